The highest BCUT2D eigenvalue weighted by atomic mass is 15.1. The number of likely N-dealkylation sites (tertiary alicyclic amines) is 1. The largest absolute Gasteiger partial charge is 0.311 e. The number of piperidine rings is 1. The topological polar surface area (TPSA) is 15.3 Å². The summed E-state index contributed by atoms with van der Waals surface area (Å²) < 4.78 is 0. The summed E-state index contributed by atoms with van der Waals surface area (Å²) in [6.07, 6.45) is 3.63. The van der Waals surface area contributed by atoms with Gasteiger partial charge >= 0.3 is 0 Å². The molecule has 3 unspecified atom stereocenters. The molecule has 1 saturated heterocycles. The van der Waals surface area contributed by atoms with Crippen molar-refractivity contribution in [3.05, 3.63) is 35.9 Å². The van der Waals surface area contributed by atoms with Crippen molar-refractivity contribution in [1.82, 2.24) is 10.2 Å². The Hall–Kier alpha value is -0.860. The van der Waals surface area contributed by atoms with Crippen molar-refractivity contribution in [3.8, 4) is 0 Å². The summed E-state index contributed by atoms with van der Waals surface area (Å²) in [5, 5.41) is 3.90. The summed E-state index contributed by atoms with van der Waals surface area (Å²) in [6, 6.07) is 12.1. The van der Waals surface area contributed by atoms with Crippen LogP contribution in [-0.2, 0) is 6.42 Å². The van der Waals surface area contributed by atoms with E-state index in [0.29, 0.717) is 12.1 Å². The molecule has 1 aliphatic heterocycles. The van der Waals surface area contributed by atoms with Crippen molar-refractivity contribution in [2.24, 2.45) is 5.92 Å². The van der Waals surface area contributed by atoms with Gasteiger partial charge in [0.15, 0.2) is 0 Å². The third-order valence-corrected chi connectivity index (χ3v) is 4.38. The maximum Gasteiger partial charge on any atom is 0.0120 e. The predicted octanol–water partition coefficient (Wildman–Crippen LogP) is 2.94. The average molecular weight is 260 g/mol. The molecular formula is C17H28N2. The van der Waals surface area contributed by atoms with E-state index in [4.69, 9.17) is 0 Å². The fourth-order valence-corrected chi connectivity index (χ4v) is 3.12. The van der Waals surface area contributed by atoms with E-state index in [2.05, 4.69) is 61.4 Å². The molecule has 0 bridgehead atoms. The Balaban J connectivity index is 1.88. The second-order valence-corrected chi connectivity index (χ2v) is 6.10. The first-order chi connectivity index (χ1) is 9.19. The van der Waals surface area contributed by atoms with Crippen LogP contribution < -0.4 is 5.32 Å². The van der Waals surface area contributed by atoms with Gasteiger partial charge in [-0.25, -0.2) is 0 Å². The summed E-state index contributed by atoms with van der Waals surface area (Å²) >= 11 is 0. The molecule has 1 aromatic carbocycles. The van der Waals surface area contributed by atoms with Crippen LogP contribution >= 0.6 is 0 Å². The van der Waals surface area contributed by atoms with Crippen LogP contribution in [-0.4, -0.2) is 37.1 Å². The van der Waals surface area contributed by atoms with Crippen LogP contribution in [0.15, 0.2) is 30.3 Å². The van der Waals surface area contributed by atoms with E-state index in [1.165, 1.54) is 31.5 Å². The molecule has 106 valence electrons. The average Bonchev–Trinajstić information content (AvgIpc) is 2.42. The van der Waals surface area contributed by atoms with Crippen molar-refractivity contribution in [3.63, 3.8) is 0 Å². The van der Waals surface area contributed by atoms with Gasteiger partial charge in [-0.15, -0.1) is 0 Å². The van der Waals surface area contributed by atoms with Gasteiger partial charge in [-0.1, -0.05) is 44.2 Å². The molecule has 19 heavy (non-hydrogen) atoms. The number of hydrogen-bond donors (Lipinski definition) is 1. The fraction of sp³-hybridized carbons (Fsp3) is 0.647. The molecule has 1 aromatic rings. The van der Waals surface area contributed by atoms with Gasteiger partial charge in [0.25, 0.3) is 0 Å². The molecule has 0 saturated carbocycles. The van der Waals surface area contributed by atoms with Crippen molar-refractivity contribution >= 4 is 0 Å². The molecule has 0 spiro atoms. The lowest BCUT2D eigenvalue weighted by Crippen LogP contribution is -2.50. The quantitative estimate of drug-likeness (QED) is 0.875. The van der Waals surface area contributed by atoms with E-state index in [1.807, 2.05) is 0 Å². The molecule has 2 rings (SSSR count). The molecule has 1 N–H and O–H groups in total. The van der Waals surface area contributed by atoms with E-state index >= 15 is 0 Å². The highest BCUT2D eigenvalue weighted by Crippen LogP contribution is 2.17. The van der Waals surface area contributed by atoms with Crippen LogP contribution in [0.4, 0.5) is 0 Å². The fourth-order valence-electron chi connectivity index (χ4n) is 3.12. The zero-order chi connectivity index (χ0) is 13.7. The Morgan fingerprint density at radius 2 is 2.05 bits per heavy atom. The Morgan fingerprint density at radius 3 is 2.68 bits per heavy atom. The second-order valence-electron chi connectivity index (χ2n) is 6.10. The SMILES string of the molecule is CCC(Cc1ccccc1)NC1CCN(C)CC1C. The maximum absolute atomic E-state index is 3.90. The minimum absolute atomic E-state index is 0.609. The van der Waals surface area contributed by atoms with Crippen LogP contribution in [0.25, 0.3) is 0 Å². The van der Waals surface area contributed by atoms with Gasteiger partial charge in [-0.2, -0.15) is 0 Å². The number of hydrogen-bond acceptors (Lipinski definition) is 2. The highest BCUT2D eigenvalue weighted by molar-refractivity contribution is 5.15. The van der Waals surface area contributed by atoms with Crippen LogP contribution in [0, 0.1) is 5.92 Å². The molecule has 1 aliphatic rings. The van der Waals surface area contributed by atoms with Gasteiger partial charge in [0.2, 0.25) is 0 Å². The van der Waals surface area contributed by atoms with Crippen LogP contribution in [0.1, 0.15) is 32.3 Å². The van der Waals surface area contributed by atoms with E-state index in [9.17, 15) is 0 Å². The molecule has 0 aromatic heterocycles. The van der Waals surface area contributed by atoms with E-state index in [1.54, 1.807) is 0 Å². The van der Waals surface area contributed by atoms with Gasteiger partial charge in [-0.05, 0) is 44.3 Å². The van der Waals surface area contributed by atoms with Crippen molar-refractivity contribution < 1.29 is 0 Å². The number of rotatable bonds is 5. The molecule has 3 atom stereocenters. The lowest BCUT2D eigenvalue weighted by molar-refractivity contribution is 0.165. The summed E-state index contributed by atoms with van der Waals surface area (Å²) in [7, 11) is 2.23. The zero-order valence-corrected chi connectivity index (χ0v) is 12.6. The molecule has 0 radical (unpaired) electrons. The summed E-state index contributed by atoms with van der Waals surface area (Å²) in [6.45, 7) is 7.12. The van der Waals surface area contributed by atoms with E-state index < -0.39 is 0 Å². The number of nitrogens with zero attached hydrogens (tertiary/aromatic N) is 1. The lowest BCUT2D eigenvalue weighted by atomic mass is 9.92. The Labute approximate surface area is 118 Å². The molecule has 0 aliphatic carbocycles. The Bertz CT molecular complexity index is 363. The third kappa shape index (κ3) is 4.32. The standard InChI is InChI=1S/C17H28N2/c1-4-16(12-15-8-6-5-7-9-15)18-17-10-11-19(3)13-14(17)2/h5-9,14,16-18H,4,10-13H2,1-3H3. The Kier molecular flexibility index (Phi) is 5.41. The van der Waals surface area contributed by atoms with Gasteiger partial charge in [0, 0.05) is 18.6 Å². The van der Waals surface area contributed by atoms with Crippen LogP contribution in [0.2, 0.25) is 0 Å². The van der Waals surface area contributed by atoms with E-state index in [-0.39, 0.29) is 0 Å². The summed E-state index contributed by atoms with van der Waals surface area (Å²) in [4.78, 5) is 2.45. The lowest BCUT2D eigenvalue weighted by Gasteiger charge is -2.37. The van der Waals surface area contributed by atoms with Crippen molar-refractivity contribution in [2.45, 2.75) is 45.2 Å². The first kappa shape index (κ1) is 14.5. The van der Waals surface area contributed by atoms with Crippen molar-refractivity contribution in [1.29, 1.82) is 0 Å². The smallest absolute Gasteiger partial charge is 0.0120 e. The summed E-state index contributed by atoms with van der Waals surface area (Å²) in [5.74, 6) is 0.753. The maximum atomic E-state index is 3.90. The monoisotopic (exact) mass is 260 g/mol. The Morgan fingerprint density at radius 1 is 1.32 bits per heavy atom. The third-order valence-electron chi connectivity index (χ3n) is 4.38. The molecule has 1 fully saturated rings. The first-order valence-electron chi connectivity index (χ1n) is 7.67. The van der Waals surface area contributed by atoms with E-state index in [0.717, 1.165) is 12.3 Å². The second kappa shape index (κ2) is 7.06. The minimum Gasteiger partial charge on any atom is -0.311 e. The predicted molar refractivity (Wildman–Crippen MR) is 82.4 cm³/mol. The minimum atomic E-state index is 0.609. The first-order valence-corrected chi connectivity index (χ1v) is 7.67. The molecule has 2 heteroatoms. The van der Waals surface area contributed by atoms with Crippen LogP contribution in [0.3, 0.4) is 0 Å². The molecule has 2 nitrogen and oxygen atoms in total. The zero-order valence-electron chi connectivity index (χ0n) is 12.6. The molecule has 1 heterocycles. The van der Waals surface area contributed by atoms with Gasteiger partial charge in [0.1, 0.15) is 0 Å². The van der Waals surface area contributed by atoms with Gasteiger partial charge in [-0.3, -0.25) is 0 Å². The van der Waals surface area contributed by atoms with Crippen LogP contribution in [0.5, 0.6) is 0 Å². The van der Waals surface area contributed by atoms with Gasteiger partial charge in [0.05, 0.1) is 0 Å². The van der Waals surface area contributed by atoms with Gasteiger partial charge < -0.3 is 10.2 Å². The molecule has 0 amide bonds. The number of benzene rings is 1. The molecular weight excluding hydrogens is 232 g/mol. The summed E-state index contributed by atoms with van der Waals surface area (Å²) in [5.41, 5.74) is 1.45. The highest BCUT2D eigenvalue weighted by Gasteiger charge is 2.25. The normalized spacial score (nSPS) is 26.3. The van der Waals surface area contributed by atoms with Crippen molar-refractivity contribution in [2.75, 3.05) is 20.1 Å². The number of nitrogens with one attached hydrogen (secondary N) is 1.